The van der Waals surface area contributed by atoms with Crippen LogP contribution in [-0.4, -0.2) is 5.54 Å². The van der Waals surface area contributed by atoms with Crippen molar-refractivity contribution in [2.24, 2.45) is 5.73 Å². The van der Waals surface area contributed by atoms with Gasteiger partial charge in [-0.05, 0) is 50.5 Å². The van der Waals surface area contributed by atoms with Crippen LogP contribution in [0.1, 0.15) is 25.8 Å². The summed E-state index contributed by atoms with van der Waals surface area (Å²) in [5, 5.41) is 0. The monoisotopic (exact) mass is 196 g/mol. The highest BCUT2D eigenvalue weighted by Crippen LogP contribution is 2.16. The topological polar surface area (TPSA) is 52.0 Å². The predicted molar refractivity (Wildman–Crippen MR) is 57.4 cm³/mol. The zero-order valence-electron chi connectivity index (χ0n) is 8.68. The smallest absolute Gasteiger partial charge is 0.126 e. The minimum absolute atomic E-state index is 0.205. The third kappa shape index (κ3) is 3.34. The summed E-state index contributed by atoms with van der Waals surface area (Å²) in [5.74, 6) is -0.205. The molecule has 0 saturated heterocycles. The first kappa shape index (κ1) is 11.0. The van der Waals surface area contributed by atoms with Gasteiger partial charge in [0.25, 0.3) is 0 Å². The standard InChI is InChI=1S/C11H17FN2/c1-11(2,14)6-5-8-7-9(13)3-4-10(8)12/h3-4,7H,5-6,13-14H2,1-2H3. The number of nitrogens with two attached hydrogens (primary N) is 2. The molecule has 0 unspecified atom stereocenters. The number of hydrogen-bond donors (Lipinski definition) is 2. The fraction of sp³-hybridized carbons (Fsp3) is 0.455. The van der Waals surface area contributed by atoms with E-state index in [1.54, 1.807) is 12.1 Å². The Kier molecular flexibility index (Phi) is 3.11. The number of halogens is 1. The fourth-order valence-electron chi connectivity index (χ4n) is 1.24. The summed E-state index contributed by atoms with van der Waals surface area (Å²) in [6.07, 6.45) is 1.37. The minimum atomic E-state index is -0.267. The van der Waals surface area contributed by atoms with Gasteiger partial charge in [-0.15, -0.1) is 0 Å². The van der Waals surface area contributed by atoms with E-state index in [4.69, 9.17) is 11.5 Å². The lowest BCUT2D eigenvalue weighted by Gasteiger charge is -2.18. The number of rotatable bonds is 3. The summed E-state index contributed by atoms with van der Waals surface area (Å²) < 4.78 is 13.2. The Hall–Kier alpha value is -1.09. The molecule has 0 fully saturated rings. The molecule has 0 atom stereocenters. The van der Waals surface area contributed by atoms with E-state index in [-0.39, 0.29) is 11.4 Å². The molecule has 0 aliphatic rings. The third-order valence-electron chi connectivity index (χ3n) is 2.11. The Bertz CT molecular complexity index is 316. The van der Waals surface area contributed by atoms with Crippen molar-refractivity contribution in [2.75, 3.05) is 5.73 Å². The molecule has 0 bridgehead atoms. The summed E-state index contributed by atoms with van der Waals surface area (Å²) in [6.45, 7) is 3.86. The quantitative estimate of drug-likeness (QED) is 0.727. The molecule has 14 heavy (non-hydrogen) atoms. The lowest BCUT2D eigenvalue weighted by Crippen LogP contribution is -2.32. The van der Waals surface area contributed by atoms with Crippen LogP contribution in [0.25, 0.3) is 0 Å². The first-order valence-electron chi connectivity index (χ1n) is 4.71. The van der Waals surface area contributed by atoms with Gasteiger partial charge < -0.3 is 11.5 Å². The summed E-state index contributed by atoms with van der Waals surface area (Å²) >= 11 is 0. The van der Waals surface area contributed by atoms with E-state index in [1.165, 1.54) is 6.07 Å². The van der Waals surface area contributed by atoms with E-state index in [0.29, 0.717) is 17.7 Å². The van der Waals surface area contributed by atoms with Crippen LogP contribution in [0.3, 0.4) is 0 Å². The Labute approximate surface area is 84.1 Å². The second-order valence-electron chi connectivity index (χ2n) is 4.34. The maximum absolute atomic E-state index is 13.2. The van der Waals surface area contributed by atoms with Crippen molar-refractivity contribution >= 4 is 5.69 Å². The fourth-order valence-corrected chi connectivity index (χ4v) is 1.24. The van der Waals surface area contributed by atoms with E-state index in [0.717, 1.165) is 6.42 Å². The molecule has 1 aromatic rings. The van der Waals surface area contributed by atoms with Crippen LogP contribution in [-0.2, 0) is 6.42 Å². The molecule has 0 spiro atoms. The molecule has 0 radical (unpaired) electrons. The number of hydrogen-bond acceptors (Lipinski definition) is 2. The molecule has 2 nitrogen and oxygen atoms in total. The maximum Gasteiger partial charge on any atom is 0.126 e. The number of benzene rings is 1. The average molecular weight is 196 g/mol. The van der Waals surface area contributed by atoms with Gasteiger partial charge in [-0.25, -0.2) is 4.39 Å². The molecule has 0 aliphatic heterocycles. The molecule has 0 saturated carbocycles. The molecular weight excluding hydrogens is 179 g/mol. The van der Waals surface area contributed by atoms with E-state index < -0.39 is 0 Å². The molecule has 1 rings (SSSR count). The van der Waals surface area contributed by atoms with Gasteiger partial charge in [-0.3, -0.25) is 0 Å². The van der Waals surface area contributed by atoms with Crippen molar-refractivity contribution in [3.8, 4) is 0 Å². The van der Waals surface area contributed by atoms with Crippen LogP contribution in [0.4, 0.5) is 10.1 Å². The van der Waals surface area contributed by atoms with Crippen LogP contribution in [0.2, 0.25) is 0 Å². The van der Waals surface area contributed by atoms with Gasteiger partial charge >= 0.3 is 0 Å². The number of aryl methyl sites for hydroxylation is 1. The second kappa shape index (κ2) is 3.96. The predicted octanol–water partition coefficient (Wildman–Crippen LogP) is 2.08. The third-order valence-corrected chi connectivity index (χ3v) is 2.11. The van der Waals surface area contributed by atoms with Crippen LogP contribution in [0.15, 0.2) is 18.2 Å². The van der Waals surface area contributed by atoms with E-state index >= 15 is 0 Å². The van der Waals surface area contributed by atoms with Crippen molar-refractivity contribution in [1.82, 2.24) is 0 Å². The van der Waals surface area contributed by atoms with Gasteiger partial charge in [0.05, 0.1) is 0 Å². The summed E-state index contributed by atoms with van der Waals surface area (Å²) in [6, 6.07) is 4.63. The lowest BCUT2D eigenvalue weighted by atomic mass is 9.96. The minimum Gasteiger partial charge on any atom is -0.399 e. The summed E-state index contributed by atoms with van der Waals surface area (Å²) in [7, 11) is 0. The highest BCUT2D eigenvalue weighted by molar-refractivity contribution is 5.41. The molecule has 0 aromatic heterocycles. The first-order chi connectivity index (χ1) is 6.38. The van der Waals surface area contributed by atoms with Gasteiger partial charge in [0, 0.05) is 11.2 Å². The highest BCUT2D eigenvalue weighted by Gasteiger charge is 2.12. The lowest BCUT2D eigenvalue weighted by molar-refractivity contribution is 0.470. The Balaban J connectivity index is 2.72. The van der Waals surface area contributed by atoms with Crippen molar-refractivity contribution in [2.45, 2.75) is 32.2 Å². The normalized spacial score (nSPS) is 11.7. The zero-order chi connectivity index (χ0) is 10.8. The number of anilines is 1. The molecule has 0 amide bonds. The van der Waals surface area contributed by atoms with Gasteiger partial charge in [0.2, 0.25) is 0 Å². The second-order valence-corrected chi connectivity index (χ2v) is 4.34. The van der Waals surface area contributed by atoms with Crippen molar-refractivity contribution in [3.63, 3.8) is 0 Å². The van der Waals surface area contributed by atoms with Crippen LogP contribution in [0.5, 0.6) is 0 Å². The summed E-state index contributed by atoms with van der Waals surface area (Å²) in [4.78, 5) is 0. The SMILES string of the molecule is CC(C)(N)CCc1cc(N)ccc1F. The molecule has 4 N–H and O–H groups in total. The largest absolute Gasteiger partial charge is 0.399 e. The summed E-state index contributed by atoms with van der Waals surface area (Å²) in [5.41, 5.74) is 12.4. The Morgan fingerprint density at radius 1 is 1.36 bits per heavy atom. The Morgan fingerprint density at radius 2 is 2.00 bits per heavy atom. The van der Waals surface area contributed by atoms with Crippen LogP contribution in [0, 0.1) is 5.82 Å². The van der Waals surface area contributed by atoms with Crippen LogP contribution < -0.4 is 11.5 Å². The maximum atomic E-state index is 13.2. The highest BCUT2D eigenvalue weighted by atomic mass is 19.1. The van der Waals surface area contributed by atoms with Gasteiger partial charge in [0.1, 0.15) is 5.82 Å². The zero-order valence-corrected chi connectivity index (χ0v) is 8.68. The molecule has 78 valence electrons. The first-order valence-corrected chi connectivity index (χ1v) is 4.71. The van der Waals surface area contributed by atoms with Gasteiger partial charge in [0.15, 0.2) is 0 Å². The van der Waals surface area contributed by atoms with E-state index in [2.05, 4.69) is 0 Å². The average Bonchev–Trinajstić information content (AvgIpc) is 2.05. The molecule has 1 aromatic carbocycles. The van der Waals surface area contributed by atoms with Crippen LogP contribution >= 0.6 is 0 Å². The molecule has 0 heterocycles. The van der Waals surface area contributed by atoms with E-state index in [1.807, 2.05) is 13.8 Å². The molecular formula is C11H17FN2. The van der Waals surface area contributed by atoms with E-state index in [9.17, 15) is 4.39 Å². The van der Waals surface area contributed by atoms with Gasteiger partial charge in [-0.2, -0.15) is 0 Å². The molecule has 3 heteroatoms. The van der Waals surface area contributed by atoms with Crippen molar-refractivity contribution in [1.29, 1.82) is 0 Å². The Morgan fingerprint density at radius 3 is 2.57 bits per heavy atom. The molecule has 0 aliphatic carbocycles. The van der Waals surface area contributed by atoms with Crippen molar-refractivity contribution < 1.29 is 4.39 Å². The number of nitrogen functional groups attached to an aromatic ring is 1. The van der Waals surface area contributed by atoms with Crippen molar-refractivity contribution in [3.05, 3.63) is 29.6 Å². The van der Waals surface area contributed by atoms with Gasteiger partial charge in [-0.1, -0.05) is 0 Å².